The summed E-state index contributed by atoms with van der Waals surface area (Å²) in [5, 5.41) is 18.2. The molecular weight excluding hydrogens is 372 g/mol. The largest absolute Gasteiger partial charge is 0.465 e. The summed E-state index contributed by atoms with van der Waals surface area (Å²) in [4.78, 5) is 28.2. The maximum atomic E-state index is 12.8. The lowest BCUT2D eigenvalue weighted by Crippen LogP contribution is -2.34. The van der Waals surface area contributed by atoms with Crippen molar-refractivity contribution < 1.29 is 14.5 Å². The van der Waals surface area contributed by atoms with E-state index in [0.29, 0.717) is 29.1 Å². The Balaban J connectivity index is 2.21. The van der Waals surface area contributed by atoms with Gasteiger partial charge in [0.05, 0.1) is 17.7 Å². The number of carbonyl (C=O) groups is 1. The minimum Gasteiger partial charge on any atom is -0.465 e. The third-order valence-corrected chi connectivity index (χ3v) is 4.93. The smallest absolute Gasteiger partial charge is 0.315 e. The van der Waals surface area contributed by atoms with Crippen molar-refractivity contribution in [2.75, 3.05) is 6.61 Å². The number of hydrogen-bond donors (Lipinski definition) is 1. The molecule has 0 saturated heterocycles. The Hall–Kier alpha value is -2.74. The Morgan fingerprint density at radius 2 is 2.15 bits per heavy atom. The van der Waals surface area contributed by atoms with Crippen LogP contribution in [-0.4, -0.2) is 33.4 Å². The number of H-pyrrole nitrogens is 1. The number of nitro benzene ring substituents is 1. The van der Waals surface area contributed by atoms with Crippen molar-refractivity contribution in [3.05, 3.63) is 50.7 Å². The summed E-state index contributed by atoms with van der Waals surface area (Å²) < 4.78 is 5.29. The average Bonchev–Trinajstić information content (AvgIpc) is 3.09. The number of aromatic nitrogens is 2. The number of aromatic amines is 1. The van der Waals surface area contributed by atoms with Gasteiger partial charge in [0, 0.05) is 23.3 Å². The van der Waals surface area contributed by atoms with Crippen LogP contribution < -0.4 is 0 Å². The van der Waals surface area contributed by atoms with Crippen LogP contribution in [0.2, 0.25) is 5.02 Å². The second-order valence-corrected chi connectivity index (χ2v) is 6.55. The van der Waals surface area contributed by atoms with Crippen LogP contribution in [-0.2, 0) is 9.53 Å². The molecule has 142 valence electrons. The number of ether oxygens (including phenoxy) is 1. The molecule has 1 aromatic heterocycles. The zero-order valence-corrected chi connectivity index (χ0v) is 15.7. The first-order valence-corrected chi connectivity index (χ1v) is 9.07. The fraction of sp³-hybridized carbons (Fsp3) is 0.389. The van der Waals surface area contributed by atoms with Gasteiger partial charge in [0.15, 0.2) is 5.82 Å². The summed E-state index contributed by atoms with van der Waals surface area (Å²) in [7, 11) is 0. The van der Waals surface area contributed by atoms with Crippen molar-refractivity contribution in [2.45, 2.75) is 32.6 Å². The van der Waals surface area contributed by atoms with Gasteiger partial charge in [0.25, 0.3) is 5.69 Å². The van der Waals surface area contributed by atoms with Crippen LogP contribution in [0.15, 0.2) is 29.4 Å². The van der Waals surface area contributed by atoms with Crippen LogP contribution >= 0.6 is 11.6 Å². The maximum absolute atomic E-state index is 12.8. The Bertz CT molecular complexity index is 909. The van der Waals surface area contributed by atoms with Gasteiger partial charge in [-0.2, -0.15) is 5.10 Å². The van der Waals surface area contributed by atoms with E-state index in [9.17, 15) is 14.9 Å². The fourth-order valence-corrected chi connectivity index (χ4v) is 3.74. The molecular formula is C18H19ClN4O4. The van der Waals surface area contributed by atoms with Crippen molar-refractivity contribution in [1.82, 2.24) is 10.2 Å². The second kappa shape index (κ2) is 7.87. The summed E-state index contributed by atoms with van der Waals surface area (Å²) in [6.07, 6.45) is 2.95. The van der Waals surface area contributed by atoms with Crippen LogP contribution in [0.25, 0.3) is 0 Å². The minimum absolute atomic E-state index is 0.00620. The molecule has 0 radical (unpaired) electrons. The number of fused-ring (bicyclic) bond motifs is 1. The van der Waals surface area contributed by atoms with Gasteiger partial charge in [0.1, 0.15) is 10.9 Å². The maximum Gasteiger partial charge on any atom is 0.315 e. The molecule has 8 nitrogen and oxygen atoms in total. The molecule has 3 rings (SSSR count). The molecule has 0 bridgehead atoms. The molecule has 1 N–H and O–H groups in total. The molecule has 1 aliphatic heterocycles. The first-order chi connectivity index (χ1) is 13.0. The molecule has 2 heterocycles. The molecule has 0 fully saturated rings. The predicted molar refractivity (Wildman–Crippen MR) is 101 cm³/mol. The highest BCUT2D eigenvalue weighted by atomic mass is 35.5. The molecule has 1 aromatic carbocycles. The highest BCUT2D eigenvalue weighted by molar-refractivity contribution is 6.33. The van der Waals surface area contributed by atoms with E-state index in [4.69, 9.17) is 16.3 Å². The number of halogens is 1. The van der Waals surface area contributed by atoms with Gasteiger partial charge >= 0.3 is 5.97 Å². The van der Waals surface area contributed by atoms with Crippen molar-refractivity contribution in [3.8, 4) is 0 Å². The van der Waals surface area contributed by atoms with Crippen LogP contribution in [0, 0.1) is 16.0 Å². The van der Waals surface area contributed by atoms with E-state index in [-0.39, 0.29) is 17.3 Å². The molecule has 0 aliphatic carbocycles. The average molecular weight is 391 g/mol. The van der Waals surface area contributed by atoms with E-state index >= 15 is 0 Å². The number of aliphatic imine (C=N–C) groups is 1. The summed E-state index contributed by atoms with van der Waals surface area (Å²) in [6.45, 7) is 3.95. The molecule has 0 saturated carbocycles. The summed E-state index contributed by atoms with van der Waals surface area (Å²) in [6, 6.07) is 4.59. The first kappa shape index (κ1) is 19.0. The monoisotopic (exact) mass is 390 g/mol. The highest BCUT2D eigenvalue weighted by Gasteiger charge is 2.42. The molecule has 0 amide bonds. The lowest BCUT2D eigenvalue weighted by Gasteiger charge is -2.30. The van der Waals surface area contributed by atoms with Gasteiger partial charge in [-0.15, -0.1) is 0 Å². The number of carbonyl (C=O) groups excluding carboxylic acids is 1. The van der Waals surface area contributed by atoms with Gasteiger partial charge in [-0.25, -0.2) is 4.99 Å². The molecule has 1 aliphatic rings. The van der Waals surface area contributed by atoms with E-state index < -0.39 is 22.7 Å². The standard InChI is InChI=1S/C18H19ClN4O4/c1-3-6-12-15(18(24)27-4-2)14(11-9-20-22-17(11)21-12)10-7-5-8-13(16(10)19)23(25)26/h5,7-9,14-15H,3-4,6H2,1-2H3,(H,20,22). The lowest BCUT2D eigenvalue weighted by molar-refractivity contribution is -0.384. The number of nitro groups is 1. The fourth-order valence-electron chi connectivity index (χ4n) is 3.43. The Morgan fingerprint density at radius 1 is 1.37 bits per heavy atom. The third kappa shape index (κ3) is 3.44. The van der Waals surface area contributed by atoms with E-state index in [1.807, 2.05) is 6.92 Å². The van der Waals surface area contributed by atoms with Crippen LogP contribution in [0.4, 0.5) is 11.5 Å². The number of nitrogens with one attached hydrogen (secondary N) is 1. The van der Waals surface area contributed by atoms with E-state index in [1.54, 1.807) is 25.3 Å². The quantitative estimate of drug-likeness (QED) is 0.452. The van der Waals surface area contributed by atoms with Crippen LogP contribution in [0.1, 0.15) is 43.7 Å². The number of hydrogen-bond acceptors (Lipinski definition) is 6. The zero-order chi connectivity index (χ0) is 19.6. The third-order valence-electron chi connectivity index (χ3n) is 4.52. The van der Waals surface area contributed by atoms with Crippen molar-refractivity contribution >= 4 is 34.8 Å². The minimum atomic E-state index is -0.713. The second-order valence-electron chi connectivity index (χ2n) is 6.17. The molecule has 27 heavy (non-hydrogen) atoms. The molecule has 2 aromatic rings. The summed E-state index contributed by atoms with van der Waals surface area (Å²) in [5.41, 5.74) is 1.59. The van der Waals surface area contributed by atoms with Crippen LogP contribution in [0.5, 0.6) is 0 Å². The Kier molecular flexibility index (Phi) is 5.55. The molecule has 2 unspecified atom stereocenters. The van der Waals surface area contributed by atoms with Gasteiger partial charge in [0.2, 0.25) is 0 Å². The van der Waals surface area contributed by atoms with Gasteiger partial charge in [-0.1, -0.05) is 37.1 Å². The lowest BCUT2D eigenvalue weighted by atomic mass is 9.76. The van der Waals surface area contributed by atoms with E-state index in [0.717, 1.165) is 6.42 Å². The Labute approximate surface area is 160 Å². The van der Waals surface area contributed by atoms with E-state index in [1.165, 1.54) is 6.07 Å². The normalized spacial score (nSPS) is 18.6. The topological polar surface area (TPSA) is 110 Å². The SMILES string of the molecule is CCCC1=Nc2[nH]ncc2C(c2cccc([N+](=O)[O-])c2Cl)C1C(=O)OCC. The summed E-state index contributed by atoms with van der Waals surface area (Å²) >= 11 is 6.38. The molecule has 9 heteroatoms. The van der Waals surface area contributed by atoms with Crippen LogP contribution in [0.3, 0.4) is 0 Å². The first-order valence-electron chi connectivity index (χ1n) is 8.69. The van der Waals surface area contributed by atoms with E-state index in [2.05, 4.69) is 15.2 Å². The van der Waals surface area contributed by atoms with Gasteiger partial charge in [-0.3, -0.25) is 20.0 Å². The number of esters is 1. The molecule has 2 atom stereocenters. The van der Waals surface area contributed by atoms with Crippen molar-refractivity contribution in [2.24, 2.45) is 10.9 Å². The number of rotatable bonds is 6. The van der Waals surface area contributed by atoms with Gasteiger partial charge < -0.3 is 4.74 Å². The predicted octanol–water partition coefficient (Wildman–Crippen LogP) is 4.17. The number of nitrogens with zero attached hydrogens (tertiary/aromatic N) is 3. The molecule has 0 spiro atoms. The number of benzene rings is 1. The summed E-state index contributed by atoms with van der Waals surface area (Å²) in [5.74, 6) is -1.17. The zero-order valence-electron chi connectivity index (χ0n) is 14.9. The van der Waals surface area contributed by atoms with Gasteiger partial charge in [-0.05, 0) is 18.9 Å². The van der Waals surface area contributed by atoms with Crippen molar-refractivity contribution in [3.63, 3.8) is 0 Å². The highest BCUT2D eigenvalue weighted by Crippen LogP contribution is 2.46. The Morgan fingerprint density at radius 3 is 2.81 bits per heavy atom. The van der Waals surface area contributed by atoms with Crippen molar-refractivity contribution in [1.29, 1.82) is 0 Å².